The molecular formula is C16H22N4. The minimum atomic E-state index is 0.715. The van der Waals surface area contributed by atoms with Gasteiger partial charge in [0.05, 0.1) is 5.56 Å². The number of nitrogens with zero attached hydrogens (tertiary/aromatic N) is 4. The molecule has 0 unspecified atom stereocenters. The highest BCUT2D eigenvalue weighted by Crippen LogP contribution is 2.26. The largest absolute Gasteiger partial charge is 0.357 e. The summed E-state index contributed by atoms with van der Waals surface area (Å²) in [6, 6.07) is 6.26. The average Bonchev–Trinajstić information content (AvgIpc) is 2.56. The van der Waals surface area contributed by atoms with E-state index in [1.54, 1.807) is 0 Å². The zero-order valence-corrected chi connectivity index (χ0v) is 12.0. The third kappa shape index (κ3) is 2.72. The van der Waals surface area contributed by atoms with Crippen LogP contribution in [-0.2, 0) is 0 Å². The van der Waals surface area contributed by atoms with Crippen LogP contribution in [0.5, 0.6) is 0 Å². The number of aromatic nitrogens is 1. The quantitative estimate of drug-likeness (QED) is 0.828. The predicted molar refractivity (Wildman–Crippen MR) is 81.1 cm³/mol. The first-order valence-corrected chi connectivity index (χ1v) is 7.79. The van der Waals surface area contributed by atoms with Gasteiger partial charge in [-0.05, 0) is 50.7 Å². The summed E-state index contributed by atoms with van der Waals surface area (Å²) in [5.74, 6) is 1.94. The van der Waals surface area contributed by atoms with Crippen LogP contribution in [0.4, 0.5) is 11.6 Å². The Morgan fingerprint density at radius 3 is 2.05 bits per heavy atom. The van der Waals surface area contributed by atoms with Crippen LogP contribution in [-0.4, -0.2) is 31.2 Å². The molecular weight excluding hydrogens is 248 g/mol. The lowest BCUT2D eigenvalue weighted by Gasteiger charge is -2.31. The highest BCUT2D eigenvalue weighted by molar-refractivity contribution is 5.59. The number of piperidine rings is 2. The van der Waals surface area contributed by atoms with Gasteiger partial charge in [-0.3, -0.25) is 0 Å². The van der Waals surface area contributed by atoms with Gasteiger partial charge < -0.3 is 9.80 Å². The van der Waals surface area contributed by atoms with Gasteiger partial charge in [-0.2, -0.15) is 5.26 Å². The van der Waals surface area contributed by atoms with Gasteiger partial charge in [-0.25, -0.2) is 4.98 Å². The second kappa shape index (κ2) is 6.13. The molecule has 3 heterocycles. The second-order valence-electron chi connectivity index (χ2n) is 5.75. The molecule has 0 spiro atoms. The summed E-state index contributed by atoms with van der Waals surface area (Å²) in [6.07, 6.45) is 7.54. The van der Waals surface area contributed by atoms with Crippen molar-refractivity contribution in [2.24, 2.45) is 0 Å². The van der Waals surface area contributed by atoms with Gasteiger partial charge in [0.25, 0.3) is 0 Å². The smallest absolute Gasteiger partial charge is 0.148 e. The molecule has 0 radical (unpaired) electrons. The number of hydrogen-bond donors (Lipinski definition) is 0. The van der Waals surface area contributed by atoms with Crippen molar-refractivity contribution in [1.82, 2.24) is 4.98 Å². The third-order valence-electron chi connectivity index (χ3n) is 4.32. The Morgan fingerprint density at radius 1 is 0.850 bits per heavy atom. The Morgan fingerprint density at radius 2 is 1.45 bits per heavy atom. The highest BCUT2D eigenvalue weighted by atomic mass is 15.2. The first-order valence-electron chi connectivity index (χ1n) is 7.79. The Hall–Kier alpha value is -1.76. The van der Waals surface area contributed by atoms with Gasteiger partial charge in [0.2, 0.25) is 0 Å². The van der Waals surface area contributed by atoms with Crippen molar-refractivity contribution in [3.63, 3.8) is 0 Å². The van der Waals surface area contributed by atoms with Gasteiger partial charge in [0, 0.05) is 26.2 Å². The van der Waals surface area contributed by atoms with E-state index in [2.05, 4.69) is 15.9 Å². The highest BCUT2D eigenvalue weighted by Gasteiger charge is 2.19. The predicted octanol–water partition coefficient (Wildman–Crippen LogP) is 2.93. The Balaban J connectivity index is 1.87. The summed E-state index contributed by atoms with van der Waals surface area (Å²) in [6.45, 7) is 4.26. The molecule has 1 aromatic heterocycles. The van der Waals surface area contributed by atoms with Crippen molar-refractivity contribution in [2.45, 2.75) is 38.5 Å². The molecule has 0 amide bonds. The van der Waals surface area contributed by atoms with Crippen molar-refractivity contribution in [2.75, 3.05) is 36.0 Å². The first kappa shape index (κ1) is 13.2. The molecule has 4 heteroatoms. The van der Waals surface area contributed by atoms with E-state index in [9.17, 15) is 5.26 Å². The minimum absolute atomic E-state index is 0.715. The monoisotopic (exact) mass is 270 g/mol. The van der Waals surface area contributed by atoms with Crippen molar-refractivity contribution < 1.29 is 0 Å². The summed E-state index contributed by atoms with van der Waals surface area (Å²) >= 11 is 0. The van der Waals surface area contributed by atoms with Crippen LogP contribution in [0.2, 0.25) is 0 Å². The van der Waals surface area contributed by atoms with Crippen LogP contribution in [0.1, 0.15) is 44.1 Å². The Kier molecular flexibility index (Phi) is 4.05. The Labute approximate surface area is 121 Å². The molecule has 2 aliphatic heterocycles. The zero-order chi connectivity index (χ0) is 13.8. The fourth-order valence-corrected chi connectivity index (χ4v) is 3.17. The normalized spacial score (nSPS) is 19.8. The summed E-state index contributed by atoms with van der Waals surface area (Å²) in [4.78, 5) is 9.47. The van der Waals surface area contributed by atoms with E-state index in [0.29, 0.717) is 5.56 Å². The maximum atomic E-state index is 9.32. The summed E-state index contributed by atoms with van der Waals surface area (Å²) in [5, 5.41) is 9.32. The molecule has 1 aromatic rings. The van der Waals surface area contributed by atoms with Gasteiger partial charge in [0.1, 0.15) is 17.7 Å². The van der Waals surface area contributed by atoms with Crippen LogP contribution in [0.15, 0.2) is 12.1 Å². The van der Waals surface area contributed by atoms with E-state index in [1.807, 2.05) is 12.1 Å². The van der Waals surface area contributed by atoms with Gasteiger partial charge in [-0.15, -0.1) is 0 Å². The van der Waals surface area contributed by atoms with Gasteiger partial charge >= 0.3 is 0 Å². The molecule has 106 valence electrons. The third-order valence-corrected chi connectivity index (χ3v) is 4.32. The SMILES string of the molecule is N#Cc1ccc(N2CCCCC2)nc1N1CCCCC1. The summed E-state index contributed by atoms with van der Waals surface area (Å²) < 4.78 is 0. The summed E-state index contributed by atoms with van der Waals surface area (Å²) in [7, 11) is 0. The number of nitriles is 1. The van der Waals surface area contributed by atoms with E-state index >= 15 is 0 Å². The second-order valence-corrected chi connectivity index (χ2v) is 5.75. The molecule has 0 aromatic carbocycles. The molecule has 0 saturated carbocycles. The zero-order valence-electron chi connectivity index (χ0n) is 12.0. The van der Waals surface area contributed by atoms with E-state index in [-0.39, 0.29) is 0 Å². The number of hydrogen-bond acceptors (Lipinski definition) is 4. The van der Waals surface area contributed by atoms with E-state index < -0.39 is 0 Å². The van der Waals surface area contributed by atoms with Crippen molar-refractivity contribution in [1.29, 1.82) is 5.26 Å². The van der Waals surface area contributed by atoms with Crippen LogP contribution in [0.25, 0.3) is 0 Å². The van der Waals surface area contributed by atoms with Crippen molar-refractivity contribution in [3.8, 4) is 6.07 Å². The molecule has 0 aliphatic carbocycles. The molecule has 0 atom stereocenters. The van der Waals surface area contributed by atoms with Crippen LogP contribution >= 0.6 is 0 Å². The lowest BCUT2D eigenvalue weighted by molar-refractivity contribution is 0.565. The molecule has 2 aliphatic rings. The Bertz CT molecular complexity index is 494. The van der Waals surface area contributed by atoms with Crippen molar-refractivity contribution in [3.05, 3.63) is 17.7 Å². The standard InChI is InChI=1S/C16H22N4/c17-13-14-7-8-15(19-9-3-1-4-10-19)18-16(14)20-11-5-2-6-12-20/h7-8H,1-6,9-12H2. The van der Waals surface area contributed by atoms with Crippen LogP contribution in [0.3, 0.4) is 0 Å². The molecule has 3 rings (SSSR count). The molecule has 4 nitrogen and oxygen atoms in total. The number of pyridine rings is 1. The fourth-order valence-electron chi connectivity index (χ4n) is 3.17. The molecule has 2 saturated heterocycles. The van der Waals surface area contributed by atoms with Gasteiger partial charge in [-0.1, -0.05) is 0 Å². The molecule has 20 heavy (non-hydrogen) atoms. The maximum Gasteiger partial charge on any atom is 0.148 e. The van der Waals surface area contributed by atoms with Crippen LogP contribution in [0, 0.1) is 11.3 Å². The number of anilines is 2. The lowest BCUT2D eigenvalue weighted by Crippen LogP contribution is -2.33. The van der Waals surface area contributed by atoms with Crippen LogP contribution < -0.4 is 9.80 Å². The summed E-state index contributed by atoms with van der Waals surface area (Å²) in [5.41, 5.74) is 0.715. The average molecular weight is 270 g/mol. The fraction of sp³-hybridized carbons (Fsp3) is 0.625. The van der Waals surface area contributed by atoms with E-state index in [1.165, 1.54) is 38.5 Å². The van der Waals surface area contributed by atoms with E-state index in [0.717, 1.165) is 37.8 Å². The van der Waals surface area contributed by atoms with Crippen molar-refractivity contribution >= 4 is 11.6 Å². The first-order chi connectivity index (χ1) is 9.88. The maximum absolute atomic E-state index is 9.32. The minimum Gasteiger partial charge on any atom is -0.357 e. The number of rotatable bonds is 2. The molecule has 0 bridgehead atoms. The topological polar surface area (TPSA) is 43.2 Å². The molecule has 0 N–H and O–H groups in total. The lowest BCUT2D eigenvalue weighted by atomic mass is 10.1. The van der Waals surface area contributed by atoms with Gasteiger partial charge in [0.15, 0.2) is 0 Å². The molecule has 2 fully saturated rings. The van der Waals surface area contributed by atoms with E-state index in [4.69, 9.17) is 4.98 Å².